The Morgan fingerprint density at radius 1 is 0.967 bits per heavy atom. The Hall–Kier alpha value is -4.13. The number of esters is 1. The molecule has 1 heterocycles. The third-order valence-electron chi connectivity index (χ3n) is 4.80. The maximum Gasteiger partial charge on any atom is 0.375 e. The molecule has 7 heteroatoms. The van der Waals surface area contributed by atoms with Crippen LogP contribution in [0.25, 0.3) is 21.7 Å². The van der Waals surface area contributed by atoms with E-state index in [0.717, 1.165) is 16.2 Å². The van der Waals surface area contributed by atoms with Crippen molar-refractivity contribution < 1.29 is 23.5 Å². The van der Waals surface area contributed by atoms with Gasteiger partial charge in [0.1, 0.15) is 5.58 Å². The molecule has 0 saturated carbocycles. The van der Waals surface area contributed by atoms with Gasteiger partial charge in [-0.3, -0.25) is 9.59 Å². The molecule has 3 N–H and O–H groups in total. The Balaban J connectivity index is 1.46. The second-order valence-corrected chi connectivity index (χ2v) is 6.79. The van der Waals surface area contributed by atoms with E-state index in [-0.39, 0.29) is 5.76 Å². The predicted octanol–water partition coefficient (Wildman–Crippen LogP) is 3.79. The third-order valence-corrected chi connectivity index (χ3v) is 4.80. The smallest absolute Gasteiger partial charge is 0.375 e. The molecule has 0 radical (unpaired) electrons. The van der Waals surface area contributed by atoms with Crippen LogP contribution in [0.2, 0.25) is 0 Å². The molecule has 0 aliphatic heterocycles. The Morgan fingerprint density at radius 2 is 1.70 bits per heavy atom. The lowest BCUT2D eigenvalue weighted by atomic mass is 10.1. The van der Waals surface area contributed by atoms with Crippen LogP contribution < -0.4 is 11.1 Å². The van der Waals surface area contributed by atoms with E-state index >= 15 is 0 Å². The van der Waals surface area contributed by atoms with Crippen LogP contribution in [-0.4, -0.2) is 24.4 Å². The van der Waals surface area contributed by atoms with E-state index in [9.17, 15) is 14.4 Å². The fourth-order valence-corrected chi connectivity index (χ4v) is 3.26. The van der Waals surface area contributed by atoms with Crippen LogP contribution >= 0.6 is 0 Å². The average Bonchev–Trinajstić information content (AvgIpc) is 3.09. The van der Waals surface area contributed by atoms with Crippen molar-refractivity contribution >= 4 is 45.2 Å². The van der Waals surface area contributed by atoms with E-state index in [4.69, 9.17) is 14.9 Å². The summed E-state index contributed by atoms with van der Waals surface area (Å²) in [5.74, 6) is -1.72. The highest BCUT2D eigenvalue weighted by Crippen LogP contribution is 2.32. The zero-order valence-corrected chi connectivity index (χ0v) is 16.1. The lowest BCUT2D eigenvalue weighted by Crippen LogP contribution is -2.21. The molecule has 150 valence electrons. The van der Waals surface area contributed by atoms with Crippen molar-refractivity contribution in [2.75, 3.05) is 11.9 Å². The summed E-state index contributed by atoms with van der Waals surface area (Å²) in [5.41, 5.74) is 7.22. The van der Waals surface area contributed by atoms with Crippen LogP contribution in [-0.2, 0) is 9.53 Å². The topological polar surface area (TPSA) is 112 Å². The highest BCUT2D eigenvalue weighted by atomic mass is 16.5. The number of hydrogen-bond acceptors (Lipinski definition) is 5. The van der Waals surface area contributed by atoms with Gasteiger partial charge in [0.05, 0.1) is 0 Å². The van der Waals surface area contributed by atoms with Crippen LogP contribution in [0, 0.1) is 6.92 Å². The van der Waals surface area contributed by atoms with Gasteiger partial charge in [-0.05, 0) is 36.6 Å². The number of rotatable bonds is 5. The quantitative estimate of drug-likeness (QED) is 0.493. The number of anilines is 1. The first-order chi connectivity index (χ1) is 14.4. The van der Waals surface area contributed by atoms with Crippen LogP contribution in [0.15, 0.2) is 65.1 Å². The van der Waals surface area contributed by atoms with Gasteiger partial charge < -0.3 is 20.2 Å². The molecule has 4 rings (SSSR count). The number of benzene rings is 3. The zero-order valence-electron chi connectivity index (χ0n) is 16.1. The molecule has 3 aromatic carbocycles. The van der Waals surface area contributed by atoms with Crippen molar-refractivity contribution in [3.63, 3.8) is 0 Å². The molecule has 2 amide bonds. The molecular formula is C23H18N2O5. The number of primary amides is 1. The molecule has 0 aliphatic rings. The number of ether oxygens (including phenoxy) is 1. The Kier molecular flexibility index (Phi) is 4.93. The summed E-state index contributed by atoms with van der Waals surface area (Å²) < 4.78 is 10.9. The van der Waals surface area contributed by atoms with Crippen molar-refractivity contribution in [2.24, 2.45) is 5.73 Å². The number of carbonyl (C=O) groups is 3. The van der Waals surface area contributed by atoms with Crippen LogP contribution in [0.1, 0.15) is 26.5 Å². The molecule has 7 nitrogen and oxygen atoms in total. The molecule has 0 aliphatic carbocycles. The van der Waals surface area contributed by atoms with Gasteiger partial charge in [0, 0.05) is 27.6 Å². The van der Waals surface area contributed by atoms with Crippen molar-refractivity contribution in [1.82, 2.24) is 0 Å². The SMILES string of the molecule is Cc1c(C(=O)OCC(=O)Nc2ccc(C(N)=O)cc2)oc2c1ccc1ccccc12. The zero-order chi connectivity index (χ0) is 21.3. The van der Waals surface area contributed by atoms with Gasteiger partial charge in [0.2, 0.25) is 11.7 Å². The summed E-state index contributed by atoms with van der Waals surface area (Å²) in [6.45, 7) is 1.30. The van der Waals surface area contributed by atoms with E-state index in [1.807, 2.05) is 36.4 Å². The largest absolute Gasteiger partial charge is 0.450 e. The van der Waals surface area contributed by atoms with E-state index in [2.05, 4.69) is 5.32 Å². The summed E-state index contributed by atoms with van der Waals surface area (Å²) in [7, 11) is 0. The summed E-state index contributed by atoms with van der Waals surface area (Å²) in [6, 6.07) is 17.6. The molecular weight excluding hydrogens is 384 g/mol. The van der Waals surface area contributed by atoms with E-state index in [1.165, 1.54) is 24.3 Å². The van der Waals surface area contributed by atoms with Crippen molar-refractivity contribution in [1.29, 1.82) is 0 Å². The molecule has 30 heavy (non-hydrogen) atoms. The van der Waals surface area contributed by atoms with Gasteiger partial charge in [-0.1, -0.05) is 36.4 Å². The number of amides is 2. The molecule has 0 unspecified atom stereocenters. The number of hydrogen-bond donors (Lipinski definition) is 2. The van der Waals surface area contributed by atoms with Crippen LogP contribution in [0.3, 0.4) is 0 Å². The van der Waals surface area contributed by atoms with Crippen LogP contribution in [0.4, 0.5) is 5.69 Å². The van der Waals surface area contributed by atoms with E-state index < -0.39 is 24.4 Å². The minimum atomic E-state index is -0.716. The van der Waals surface area contributed by atoms with Crippen molar-refractivity contribution in [2.45, 2.75) is 6.92 Å². The van der Waals surface area contributed by atoms with Gasteiger partial charge in [-0.15, -0.1) is 0 Å². The summed E-state index contributed by atoms with van der Waals surface area (Å²) >= 11 is 0. The Bertz CT molecular complexity index is 1290. The fourth-order valence-electron chi connectivity index (χ4n) is 3.26. The van der Waals surface area contributed by atoms with E-state index in [0.29, 0.717) is 22.4 Å². The second-order valence-electron chi connectivity index (χ2n) is 6.79. The standard InChI is InChI=1S/C23H18N2O5/c1-13-17-11-8-14-4-2-3-5-18(14)21(17)30-20(13)23(28)29-12-19(26)25-16-9-6-15(7-10-16)22(24)27/h2-11H,12H2,1H3,(H2,24,27)(H,25,26). The maximum absolute atomic E-state index is 12.5. The van der Waals surface area contributed by atoms with Gasteiger partial charge in [0.15, 0.2) is 6.61 Å². The Labute approximate surface area is 171 Å². The fraction of sp³-hybridized carbons (Fsp3) is 0.0870. The first-order valence-corrected chi connectivity index (χ1v) is 9.22. The third kappa shape index (κ3) is 3.60. The summed E-state index contributed by atoms with van der Waals surface area (Å²) in [4.78, 5) is 35.7. The number of aryl methyl sites for hydroxylation is 1. The van der Waals surface area contributed by atoms with Gasteiger partial charge >= 0.3 is 5.97 Å². The van der Waals surface area contributed by atoms with Gasteiger partial charge in [-0.25, -0.2) is 4.79 Å². The highest BCUT2D eigenvalue weighted by molar-refractivity contribution is 6.08. The molecule has 0 spiro atoms. The second kappa shape index (κ2) is 7.71. The molecule has 0 saturated heterocycles. The average molecular weight is 402 g/mol. The van der Waals surface area contributed by atoms with Crippen LogP contribution in [0.5, 0.6) is 0 Å². The lowest BCUT2D eigenvalue weighted by molar-refractivity contribution is -0.119. The molecule has 0 bridgehead atoms. The lowest BCUT2D eigenvalue weighted by Gasteiger charge is -2.06. The number of nitrogens with one attached hydrogen (secondary N) is 1. The minimum absolute atomic E-state index is 0.0694. The molecule has 4 aromatic rings. The monoisotopic (exact) mass is 402 g/mol. The Morgan fingerprint density at radius 3 is 2.43 bits per heavy atom. The molecule has 1 aromatic heterocycles. The van der Waals surface area contributed by atoms with E-state index in [1.54, 1.807) is 6.92 Å². The number of nitrogens with two attached hydrogens (primary N) is 1. The first kappa shape index (κ1) is 19.2. The summed E-state index contributed by atoms with van der Waals surface area (Å²) in [6.07, 6.45) is 0. The molecule has 0 fully saturated rings. The molecule has 0 atom stereocenters. The van der Waals surface area contributed by atoms with Crippen molar-refractivity contribution in [3.05, 3.63) is 77.6 Å². The van der Waals surface area contributed by atoms with Crippen molar-refractivity contribution in [3.8, 4) is 0 Å². The number of furan rings is 1. The maximum atomic E-state index is 12.5. The number of carbonyl (C=O) groups excluding carboxylic acids is 3. The van der Waals surface area contributed by atoms with Gasteiger partial charge in [-0.2, -0.15) is 0 Å². The predicted molar refractivity (Wildman–Crippen MR) is 112 cm³/mol. The first-order valence-electron chi connectivity index (χ1n) is 9.22. The summed E-state index contributed by atoms with van der Waals surface area (Å²) in [5, 5.41) is 5.30. The van der Waals surface area contributed by atoms with Gasteiger partial charge in [0.25, 0.3) is 5.91 Å². The normalized spacial score (nSPS) is 10.8. The number of fused-ring (bicyclic) bond motifs is 3. The minimum Gasteiger partial charge on any atom is -0.450 e. The highest BCUT2D eigenvalue weighted by Gasteiger charge is 2.21.